The summed E-state index contributed by atoms with van der Waals surface area (Å²) >= 11 is 0. The first-order chi connectivity index (χ1) is 7.35. The summed E-state index contributed by atoms with van der Waals surface area (Å²) < 4.78 is 4.63. The predicted molar refractivity (Wildman–Crippen MR) is 52.8 cm³/mol. The minimum absolute atomic E-state index is 0.270. The van der Waals surface area contributed by atoms with Gasteiger partial charge < -0.3 is 9.84 Å². The molecule has 5 nitrogen and oxygen atoms in total. The lowest BCUT2D eigenvalue weighted by molar-refractivity contribution is 0.407. The van der Waals surface area contributed by atoms with Crippen LogP contribution in [-0.4, -0.2) is 23.2 Å². The van der Waals surface area contributed by atoms with Crippen LogP contribution < -0.4 is 5.32 Å². The van der Waals surface area contributed by atoms with Gasteiger partial charge in [-0.1, -0.05) is 5.16 Å². The first kappa shape index (κ1) is 10.1. The summed E-state index contributed by atoms with van der Waals surface area (Å²) in [5.74, 6) is 0.729. The maximum Gasteiger partial charge on any atom is 0.213 e. The zero-order valence-electron chi connectivity index (χ0n) is 8.57. The molecule has 1 fully saturated rings. The van der Waals surface area contributed by atoms with Gasteiger partial charge in [0.15, 0.2) is 5.82 Å². The van der Waals surface area contributed by atoms with Crippen molar-refractivity contribution in [2.24, 2.45) is 5.41 Å². The molecule has 0 atom stereocenters. The Morgan fingerprint density at radius 3 is 3.07 bits per heavy atom. The summed E-state index contributed by atoms with van der Waals surface area (Å²) in [7, 11) is 0. The van der Waals surface area contributed by atoms with Crippen LogP contribution in [0.5, 0.6) is 0 Å². The van der Waals surface area contributed by atoms with E-state index >= 15 is 0 Å². The van der Waals surface area contributed by atoms with E-state index in [-0.39, 0.29) is 5.41 Å². The Kier molecular flexibility index (Phi) is 2.97. The van der Waals surface area contributed by atoms with E-state index in [0.717, 1.165) is 25.3 Å². The Labute approximate surface area is 88.5 Å². The highest BCUT2D eigenvalue weighted by molar-refractivity contribution is 5.00. The zero-order chi connectivity index (χ0) is 10.6. The number of nitriles is 1. The molecule has 1 saturated carbocycles. The maximum absolute atomic E-state index is 8.64. The normalized spacial score (nSPS) is 17.3. The van der Waals surface area contributed by atoms with Crippen molar-refractivity contribution >= 4 is 0 Å². The molecule has 0 amide bonds. The fourth-order valence-corrected chi connectivity index (χ4v) is 1.62. The minimum Gasteiger partial charge on any atom is -0.343 e. The van der Waals surface area contributed by atoms with Gasteiger partial charge in [-0.2, -0.15) is 10.2 Å². The van der Waals surface area contributed by atoms with E-state index < -0.39 is 0 Å². The van der Waals surface area contributed by atoms with E-state index in [9.17, 15) is 0 Å². The van der Waals surface area contributed by atoms with Crippen LogP contribution in [-0.2, 0) is 6.42 Å². The Morgan fingerprint density at radius 2 is 2.47 bits per heavy atom. The van der Waals surface area contributed by atoms with Crippen LogP contribution in [0.15, 0.2) is 10.9 Å². The van der Waals surface area contributed by atoms with E-state index in [4.69, 9.17) is 5.26 Å². The van der Waals surface area contributed by atoms with E-state index in [1.54, 1.807) is 0 Å². The van der Waals surface area contributed by atoms with Crippen molar-refractivity contribution in [3.05, 3.63) is 12.2 Å². The second-order valence-electron chi connectivity index (χ2n) is 4.11. The van der Waals surface area contributed by atoms with Crippen molar-refractivity contribution in [1.82, 2.24) is 15.5 Å². The molecule has 0 unspecified atom stereocenters. The average Bonchev–Trinajstić information content (AvgIpc) is 2.80. The summed E-state index contributed by atoms with van der Waals surface area (Å²) in [6.45, 7) is 1.77. The quantitative estimate of drug-likeness (QED) is 0.700. The highest BCUT2D eigenvalue weighted by Crippen LogP contribution is 2.47. The van der Waals surface area contributed by atoms with Crippen LogP contribution in [0.2, 0.25) is 0 Å². The van der Waals surface area contributed by atoms with Crippen LogP contribution in [0, 0.1) is 16.7 Å². The fourth-order valence-electron chi connectivity index (χ4n) is 1.62. The first-order valence-corrected chi connectivity index (χ1v) is 5.18. The van der Waals surface area contributed by atoms with Gasteiger partial charge in [-0.15, -0.1) is 0 Å². The molecule has 5 heteroatoms. The van der Waals surface area contributed by atoms with Crippen molar-refractivity contribution in [2.45, 2.75) is 25.7 Å². The summed E-state index contributed by atoms with van der Waals surface area (Å²) in [4.78, 5) is 3.93. The van der Waals surface area contributed by atoms with Gasteiger partial charge in [-0.3, -0.25) is 0 Å². The SMILES string of the molecule is N#CCC1(CNCCc2ncon2)CC1. The van der Waals surface area contributed by atoms with Gasteiger partial charge in [0, 0.05) is 25.9 Å². The topological polar surface area (TPSA) is 74.7 Å². The molecule has 0 aliphatic heterocycles. The number of hydrogen-bond donors (Lipinski definition) is 1. The Hall–Kier alpha value is -1.41. The molecule has 80 valence electrons. The van der Waals surface area contributed by atoms with Gasteiger partial charge in [0.2, 0.25) is 6.39 Å². The monoisotopic (exact) mass is 206 g/mol. The van der Waals surface area contributed by atoms with Crippen molar-refractivity contribution in [2.75, 3.05) is 13.1 Å². The molecule has 1 aromatic heterocycles. The van der Waals surface area contributed by atoms with E-state index in [0.29, 0.717) is 6.42 Å². The Balaban J connectivity index is 1.62. The summed E-state index contributed by atoms with van der Waals surface area (Å²) in [6, 6.07) is 2.25. The van der Waals surface area contributed by atoms with Gasteiger partial charge in [-0.05, 0) is 18.3 Å². The molecule has 15 heavy (non-hydrogen) atoms. The number of hydrogen-bond acceptors (Lipinski definition) is 5. The summed E-state index contributed by atoms with van der Waals surface area (Å²) in [6.07, 6.45) is 5.14. The van der Waals surface area contributed by atoms with Gasteiger partial charge in [0.25, 0.3) is 0 Å². The summed E-state index contributed by atoms with van der Waals surface area (Å²) in [5.41, 5.74) is 0.270. The first-order valence-electron chi connectivity index (χ1n) is 5.18. The van der Waals surface area contributed by atoms with Gasteiger partial charge >= 0.3 is 0 Å². The van der Waals surface area contributed by atoms with Gasteiger partial charge in [0.1, 0.15) is 0 Å². The fraction of sp³-hybridized carbons (Fsp3) is 0.700. The third-order valence-corrected chi connectivity index (χ3v) is 2.84. The van der Waals surface area contributed by atoms with E-state index in [1.807, 2.05) is 0 Å². The second kappa shape index (κ2) is 4.41. The highest BCUT2D eigenvalue weighted by Gasteiger charge is 2.41. The van der Waals surface area contributed by atoms with Crippen molar-refractivity contribution < 1.29 is 4.52 Å². The molecule has 2 rings (SSSR count). The van der Waals surface area contributed by atoms with Crippen molar-refractivity contribution in [3.63, 3.8) is 0 Å². The predicted octanol–water partition coefficient (Wildman–Crippen LogP) is 0.896. The standard InChI is InChI=1S/C10H14N4O/c11-5-4-10(2-3-10)7-12-6-1-9-13-8-15-14-9/h8,12H,1-4,6-7H2. The van der Waals surface area contributed by atoms with Crippen LogP contribution in [0.3, 0.4) is 0 Å². The molecule has 0 aromatic carbocycles. The molecular weight excluding hydrogens is 192 g/mol. The minimum atomic E-state index is 0.270. The molecular formula is C10H14N4O. The lowest BCUT2D eigenvalue weighted by Gasteiger charge is -2.10. The van der Waals surface area contributed by atoms with Crippen molar-refractivity contribution in [1.29, 1.82) is 5.26 Å². The lowest BCUT2D eigenvalue weighted by Crippen LogP contribution is -2.26. The molecule has 1 aliphatic carbocycles. The van der Waals surface area contributed by atoms with Crippen LogP contribution in [0.4, 0.5) is 0 Å². The number of nitrogens with zero attached hydrogens (tertiary/aromatic N) is 3. The maximum atomic E-state index is 8.64. The van der Waals surface area contributed by atoms with E-state index in [1.165, 1.54) is 19.2 Å². The number of aromatic nitrogens is 2. The molecule has 1 aliphatic rings. The smallest absolute Gasteiger partial charge is 0.213 e. The largest absolute Gasteiger partial charge is 0.343 e. The lowest BCUT2D eigenvalue weighted by atomic mass is 10.0. The molecule has 0 spiro atoms. The molecule has 1 heterocycles. The summed E-state index contributed by atoms with van der Waals surface area (Å²) in [5, 5.41) is 15.7. The molecule has 0 bridgehead atoms. The molecule has 0 radical (unpaired) electrons. The molecule has 0 saturated heterocycles. The van der Waals surface area contributed by atoms with Crippen LogP contribution >= 0.6 is 0 Å². The Bertz CT molecular complexity index is 337. The van der Waals surface area contributed by atoms with E-state index in [2.05, 4.69) is 26.0 Å². The van der Waals surface area contributed by atoms with Gasteiger partial charge in [0.05, 0.1) is 6.07 Å². The molecule has 1 aromatic rings. The van der Waals surface area contributed by atoms with Crippen LogP contribution in [0.1, 0.15) is 25.1 Å². The highest BCUT2D eigenvalue weighted by atomic mass is 16.5. The Morgan fingerprint density at radius 1 is 1.60 bits per heavy atom. The second-order valence-corrected chi connectivity index (χ2v) is 4.11. The third-order valence-electron chi connectivity index (χ3n) is 2.84. The average molecular weight is 206 g/mol. The number of rotatable bonds is 6. The zero-order valence-corrected chi connectivity index (χ0v) is 8.57. The van der Waals surface area contributed by atoms with Gasteiger partial charge in [-0.25, -0.2) is 0 Å². The molecule has 1 N–H and O–H groups in total. The van der Waals surface area contributed by atoms with Crippen LogP contribution in [0.25, 0.3) is 0 Å². The number of nitrogens with one attached hydrogen (secondary N) is 1. The third kappa shape index (κ3) is 2.77. The van der Waals surface area contributed by atoms with Crippen molar-refractivity contribution in [3.8, 4) is 6.07 Å².